The third-order valence-corrected chi connectivity index (χ3v) is 4.39. The van der Waals surface area contributed by atoms with E-state index in [1.165, 1.54) is 0 Å². The molecule has 1 unspecified atom stereocenters. The lowest BCUT2D eigenvalue weighted by Crippen LogP contribution is -2.44. The molecule has 1 aliphatic rings. The number of anilines is 1. The third-order valence-electron chi connectivity index (χ3n) is 3.98. The Hall–Kier alpha value is -1.83. The third kappa shape index (κ3) is 5.88. The van der Waals surface area contributed by atoms with Gasteiger partial charge in [0, 0.05) is 10.7 Å². The molecular formula is C16H21Cl2N3O4. The Morgan fingerprint density at radius 3 is 2.72 bits per heavy atom. The van der Waals surface area contributed by atoms with Crippen LogP contribution in [0.4, 0.5) is 5.69 Å². The van der Waals surface area contributed by atoms with Gasteiger partial charge in [-0.05, 0) is 44.0 Å². The molecule has 0 aromatic heterocycles. The lowest BCUT2D eigenvalue weighted by molar-refractivity contribution is -0.142. The van der Waals surface area contributed by atoms with Crippen molar-refractivity contribution in [3.63, 3.8) is 0 Å². The van der Waals surface area contributed by atoms with Crippen molar-refractivity contribution in [3.8, 4) is 0 Å². The minimum absolute atomic E-state index is 0. The summed E-state index contributed by atoms with van der Waals surface area (Å²) in [4.78, 5) is 36.5. The molecule has 1 heterocycles. The van der Waals surface area contributed by atoms with E-state index in [1.54, 1.807) is 30.0 Å². The summed E-state index contributed by atoms with van der Waals surface area (Å²) in [6.07, 6.45) is 1.29. The van der Waals surface area contributed by atoms with Crippen LogP contribution in [0.25, 0.3) is 0 Å². The first kappa shape index (κ1) is 21.2. The largest absolute Gasteiger partial charge is 0.480 e. The van der Waals surface area contributed by atoms with Gasteiger partial charge < -0.3 is 15.7 Å². The maximum Gasteiger partial charge on any atom is 0.320 e. The molecule has 0 bridgehead atoms. The molecule has 3 N–H and O–H groups in total. The number of nitrogens with zero attached hydrogens (tertiary/aromatic N) is 1. The van der Waals surface area contributed by atoms with Gasteiger partial charge in [0.25, 0.3) is 0 Å². The topological polar surface area (TPSA) is 98.7 Å². The van der Waals surface area contributed by atoms with Crippen LogP contribution >= 0.6 is 24.0 Å². The summed E-state index contributed by atoms with van der Waals surface area (Å²) in [5.41, 5.74) is 1.34. The summed E-state index contributed by atoms with van der Waals surface area (Å²) >= 11 is 5.98. The lowest BCUT2D eigenvalue weighted by atomic mass is 10.2. The monoisotopic (exact) mass is 389 g/mol. The number of amides is 2. The normalized spacial score (nSPS) is 16.8. The van der Waals surface area contributed by atoms with Gasteiger partial charge in [0.05, 0.1) is 13.1 Å². The Bertz CT molecular complexity index is 654. The molecule has 25 heavy (non-hydrogen) atoms. The van der Waals surface area contributed by atoms with Gasteiger partial charge >= 0.3 is 5.97 Å². The average molecular weight is 390 g/mol. The van der Waals surface area contributed by atoms with Crippen molar-refractivity contribution in [1.29, 1.82) is 0 Å². The maximum atomic E-state index is 11.9. The number of halogens is 2. The molecule has 0 radical (unpaired) electrons. The van der Waals surface area contributed by atoms with Gasteiger partial charge in [-0.3, -0.25) is 19.3 Å². The van der Waals surface area contributed by atoms with Crippen molar-refractivity contribution >= 4 is 47.5 Å². The predicted octanol–water partition coefficient (Wildman–Crippen LogP) is 1.67. The first-order valence-electron chi connectivity index (χ1n) is 7.67. The van der Waals surface area contributed by atoms with Crippen LogP contribution in [-0.4, -0.2) is 53.5 Å². The molecule has 1 aromatic carbocycles. The minimum Gasteiger partial charge on any atom is -0.480 e. The smallest absolute Gasteiger partial charge is 0.320 e. The fraction of sp³-hybridized carbons (Fsp3) is 0.438. The van der Waals surface area contributed by atoms with Gasteiger partial charge in [-0.15, -0.1) is 12.4 Å². The highest BCUT2D eigenvalue weighted by molar-refractivity contribution is 6.31. The highest BCUT2D eigenvalue weighted by Crippen LogP contribution is 2.22. The fourth-order valence-corrected chi connectivity index (χ4v) is 2.83. The van der Waals surface area contributed by atoms with Gasteiger partial charge in [0.15, 0.2) is 0 Å². The number of rotatable bonds is 6. The Labute approximate surface area is 157 Å². The number of aliphatic carboxylic acids is 1. The Kier molecular flexibility index (Phi) is 8.15. The van der Waals surface area contributed by atoms with E-state index in [-0.39, 0.29) is 37.3 Å². The zero-order valence-corrected chi connectivity index (χ0v) is 15.3. The number of carbonyl (C=O) groups excluding carboxylic acids is 2. The second kappa shape index (κ2) is 9.60. The van der Waals surface area contributed by atoms with E-state index in [4.69, 9.17) is 16.7 Å². The highest BCUT2D eigenvalue weighted by Gasteiger charge is 2.31. The van der Waals surface area contributed by atoms with Crippen molar-refractivity contribution in [2.45, 2.75) is 25.8 Å². The van der Waals surface area contributed by atoms with Crippen molar-refractivity contribution in [2.75, 3.05) is 25.0 Å². The summed E-state index contributed by atoms with van der Waals surface area (Å²) in [7, 11) is 0. The van der Waals surface area contributed by atoms with E-state index in [0.717, 1.165) is 12.0 Å². The molecule has 2 amide bonds. The maximum absolute atomic E-state index is 11.9. The SMILES string of the molecule is Cc1c(Cl)cccc1NC(=O)CNC(=O)CN1CCCC1C(=O)O.Cl. The van der Waals surface area contributed by atoms with Crippen LogP contribution in [0.1, 0.15) is 18.4 Å². The Morgan fingerprint density at radius 2 is 2.04 bits per heavy atom. The van der Waals surface area contributed by atoms with Crippen LogP contribution in [0.5, 0.6) is 0 Å². The number of carbonyl (C=O) groups is 3. The van der Waals surface area contributed by atoms with Crippen molar-refractivity contribution < 1.29 is 19.5 Å². The second-order valence-electron chi connectivity index (χ2n) is 5.70. The molecule has 138 valence electrons. The molecule has 0 saturated carbocycles. The van der Waals surface area contributed by atoms with Crippen LogP contribution < -0.4 is 10.6 Å². The van der Waals surface area contributed by atoms with Crippen molar-refractivity contribution in [1.82, 2.24) is 10.2 Å². The summed E-state index contributed by atoms with van der Waals surface area (Å²) in [6, 6.07) is 4.55. The summed E-state index contributed by atoms with van der Waals surface area (Å²) in [5.74, 6) is -1.67. The lowest BCUT2D eigenvalue weighted by Gasteiger charge is -2.20. The molecule has 9 heteroatoms. The first-order chi connectivity index (χ1) is 11.4. The van der Waals surface area contributed by atoms with Gasteiger partial charge in [0.1, 0.15) is 6.04 Å². The molecular weight excluding hydrogens is 369 g/mol. The summed E-state index contributed by atoms with van der Waals surface area (Å²) in [6.45, 7) is 2.14. The van der Waals surface area contributed by atoms with Crippen molar-refractivity contribution in [2.24, 2.45) is 0 Å². The van der Waals surface area contributed by atoms with E-state index >= 15 is 0 Å². The Morgan fingerprint density at radius 1 is 1.32 bits per heavy atom. The number of carboxylic acids is 1. The zero-order valence-electron chi connectivity index (χ0n) is 13.8. The minimum atomic E-state index is -0.922. The molecule has 1 aromatic rings. The first-order valence-corrected chi connectivity index (χ1v) is 8.05. The van der Waals surface area contributed by atoms with E-state index in [0.29, 0.717) is 23.7 Å². The standard InChI is InChI=1S/C16H20ClN3O4.ClH/c1-10-11(17)4-2-5-12(10)19-14(21)8-18-15(22)9-20-7-3-6-13(20)16(23)24;/h2,4-5,13H,3,6-9H2,1H3,(H,18,22)(H,19,21)(H,23,24);1H. The molecule has 0 spiro atoms. The Balaban J connectivity index is 0.00000312. The van der Waals surface area contributed by atoms with Gasteiger partial charge in [-0.25, -0.2) is 0 Å². The van der Waals surface area contributed by atoms with Crippen LogP contribution in [0.3, 0.4) is 0 Å². The summed E-state index contributed by atoms with van der Waals surface area (Å²) in [5, 5.41) is 14.8. The number of hydrogen-bond acceptors (Lipinski definition) is 4. The van der Waals surface area contributed by atoms with Crippen molar-refractivity contribution in [3.05, 3.63) is 28.8 Å². The molecule has 1 saturated heterocycles. The van der Waals surface area contributed by atoms with E-state index in [9.17, 15) is 14.4 Å². The van der Waals surface area contributed by atoms with Crippen LogP contribution in [0.2, 0.25) is 5.02 Å². The van der Waals surface area contributed by atoms with Gasteiger partial charge in [-0.2, -0.15) is 0 Å². The number of benzene rings is 1. The number of carboxylic acid groups (broad SMARTS) is 1. The quantitative estimate of drug-likeness (QED) is 0.687. The van der Waals surface area contributed by atoms with Gasteiger partial charge in [-0.1, -0.05) is 17.7 Å². The van der Waals surface area contributed by atoms with Crippen LogP contribution in [0, 0.1) is 6.92 Å². The molecule has 1 atom stereocenters. The molecule has 7 nitrogen and oxygen atoms in total. The molecule has 1 aliphatic heterocycles. The summed E-state index contributed by atoms with van der Waals surface area (Å²) < 4.78 is 0. The fourth-order valence-electron chi connectivity index (χ4n) is 2.65. The average Bonchev–Trinajstić information content (AvgIpc) is 2.98. The van der Waals surface area contributed by atoms with E-state index in [1.807, 2.05) is 0 Å². The van der Waals surface area contributed by atoms with E-state index < -0.39 is 12.0 Å². The number of hydrogen-bond donors (Lipinski definition) is 3. The molecule has 1 fully saturated rings. The number of nitrogens with one attached hydrogen (secondary N) is 2. The van der Waals surface area contributed by atoms with Gasteiger partial charge in [0.2, 0.25) is 11.8 Å². The number of likely N-dealkylation sites (tertiary alicyclic amines) is 1. The zero-order chi connectivity index (χ0) is 17.7. The van der Waals surface area contributed by atoms with Crippen LogP contribution in [-0.2, 0) is 14.4 Å². The second-order valence-corrected chi connectivity index (χ2v) is 6.11. The van der Waals surface area contributed by atoms with E-state index in [2.05, 4.69) is 10.6 Å². The predicted molar refractivity (Wildman–Crippen MR) is 97.3 cm³/mol. The molecule has 2 rings (SSSR count). The highest BCUT2D eigenvalue weighted by atomic mass is 35.5. The van der Waals surface area contributed by atoms with Crippen LogP contribution in [0.15, 0.2) is 18.2 Å². The molecule has 0 aliphatic carbocycles.